The number of fused-ring (bicyclic) bond motifs is 1. The molecule has 1 aromatic carbocycles. The van der Waals surface area contributed by atoms with Crippen LogP contribution in [0.25, 0.3) is 16.7 Å². The van der Waals surface area contributed by atoms with Crippen LogP contribution in [0.1, 0.15) is 19.8 Å². The lowest BCUT2D eigenvalue weighted by molar-refractivity contribution is -0.120. The summed E-state index contributed by atoms with van der Waals surface area (Å²) in [4.78, 5) is 21.2. The summed E-state index contributed by atoms with van der Waals surface area (Å²) in [6, 6.07) is 9.83. The molecule has 2 atom stereocenters. The molecule has 0 aliphatic carbocycles. The number of thioether (sulfide) groups is 1. The topological polar surface area (TPSA) is 81.9 Å². The zero-order valence-electron chi connectivity index (χ0n) is 15.0. The number of carbonyl (C=O) groups excluding carboxylic acids is 1. The van der Waals surface area contributed by atoms with Gasteiger partial charge in [-0.3, -0.25) is 4.79 Å². The highest BCUT2D eigenvalue weighted by Gasteiger charge is 2.21. The Morgan fingerprint density at radius 3 is 3.00 bits per heavy atom. The van der Waals surface area contributed by atoms with Gasteiger partial charge < -0.3 is 10.1 Å². The summed E-state index contributed by atoms with van der Waals surface area (Å²) in [5, 5.41) is 8.74. The maximum absolute atomic E-state index is 12.4. The van der Waals surface area contributed by atoms with Crippen molar-refractivity contribution in [2.24, 2.45) is 0 Å². The molecule has 3 aromatic rings. The van der Waals surface area contributed by atoms with Crippen LogP contribution in [0.4, 0.5) is 0 Å². The summed E-state index contributed by atoms with van der Waals surface area (Å²) in [6.45, 7) is 3.23. The zero-order valence-corrected chi connectivity index (χ0v) is 15.9. The Hall–Kier alpha value is -2.45. The fourth-order valence-electron chi connectivity index (χ4n) is 3.06. The van der Waals surface area contributed by atoms with Crippen LogP contribution in [0.2, 0.25) is 0 Å². The minimum atomic E-state index is -0.274. The van der Waals surface area contributed by atoms with Gasteiger partial charge in [-0.2, -0.15) is 5.10 Å². The number of rotatable bonds is 6. The number of benzene rings is 1. The van der Waals surface area contributed by atoms with Crippen LogP contribution in [0.15, 0.2) is 47.9 Å². The fourth-order valence-corrected chi connectivity index (χ4v) is 3.96. The van der Waals surface area contributed by atoms with Gasteiger partial charge >= 0.3 is 0 Å². The zero-order chi connectivity index (χ0) is 18.6. The van der Waals surface area contributed by atoms with E-state index in [0.29, 0.717) is 6.54 Å². The molecule has 3 heterocycles. The van der Waals surface area contributed by atoms with E-state index in [2.05, 4.69) is 20.4 Å². The highest BCUT2D eigenvalue weighted by atomic mass is 32.2. The van der Waals surface area contributed by atoms with Gasteiger partial charge in [-0.1, -0.05) is 30.0 Å². The standard InChI is InChI=1S/C19H21N5O2S/c1-13(18(25)20-10-15-8-5-9-26-15)27-19-16-11-23-24(17(16)21-12-22-19)14-6-3-2-4-7-14/h2-4,6-7,11-13,15H,5,8-10H2,1H3,(H,20,25)/t13-,15+/m0/s1. The normalized spacial score (nSPS) is 17.9. The number of hydrogen-bond donors (Lipinski definition) is 1. The molecule has 4 rings (SSSR count). The molecule has 8 heteroatoms. The van der Waals surface area contributed by atoms with E-state index in [1.165, 1.54) is 18.1 Å². The molecule has 1 amide bonds. The second-order valence-corrected chi connectivity index (χ2v) is 7.78. The Bertz CT molecular complexity index is 924. The van der Waals surface area contributed by atoms with Gasteiger partial charge in [0.1, 0.15) is 11.4 Å². The number of para-hydroxylation sites is 1. The minimum Gasteiger partial charge on any atom is -0.376 e. The SMILES string of the molecule is C[C@H](Sc1ncnc2c1cnn2-c1ccccc1)C(=O)NC[C@H]1CCCO1. The van der Waals surface area contributed by atoms with Crippen molar-refractivity contribution in [3.63, 3.8) is 0 Å². The summed E-state index contributed by atoms with van der Waals surface area (Å²) >= 11 is 1.41. The van der Waals surface area contributed by atoms with Crippen molar-refractivity contribution >= 4 is 28.7 Å². The van der Waals surface area contributed by atoms with Gasteiger partial charge in [-0.05, 0) is 31.9 Å². The average molecular weight is 383 g/mol. The number of aromatic nitrogens is 4. The first-order valence-corrected chi connectivity index (χ1v) is 9.90. The van der Waals surface area contributed by atoms with Crippen molar-refractivity contribution < 1.29 is 9.53 Å². The molecule has 27 heavy (non-hydrogen) atoms. The number of nitrogens with zero attached hydrogens (tertiary/aromatic N) is 4. The molecule has 0 saturated carbocycles. The summed E-state index contributed by atoms with van der Waals surface area (Å²) in [7, 11) is 0. The second kappa shape index (κ2) is 8.06. The Morgan fingerprint density at radius 2 is 2.22 bits per heavy atom. The highest BCUT2D eigenvalue weighted by molar-refractivity contribution is 8.00. The van der Waals surface area contributed by atoms with E-state index in [1.807, 2.05) is 37.3 Å². The van der Waals surface area contributed by atoms with Crippen LogP contribution in [0.5, 0.6) is 0 Å². The molecule has 1 fully saturated rings. The van der Waals surface area contributed by atoms with E-state index in [1.54, 1.807) is 10.9 Å². The molecular formula is C19H21N5O2S. The van der Waals surface area contributed by atoms with E-state index in [0.717, 1.165) is 41.2 Å². The number of ether oxygens (including phenoxy) is 1. The van der Waals surface area contributed by atoms with Gasteiger partial charge in [-0.15, -0.1) is 0 Å². The van der Waals surface area contributed by atoms with Crippen molar-refractivity contribution in [1.29, 1.82) is 0 Å². The van der Waals surface area contributed by atoms with E-state index in [9.17, 15) is 4.79 Å². The Labute approximate surface area is 161 Å². The van der Waals surface area contributed by atoms with E-state index < -0.39 is 0 Å². The quantitative estimate of drug-likeness (QED) is 0.520. The number of carbonyl (C=O) groups is 1. The molecule has 7 nitrogen and oxygen atoms in total. The Morgan fingerprint density at radius 1 is 1.37 bits per heavy atom. The van der Waals surface area contributed by atoms with Crippen LogP contribution in [0, 0.1) is 0 Å². The molecule has 1 aliphatic rings. The van der Waals surface area contributed by atoms with Crippen LogP contribution in [-0.2, 0) is 9.53 Å². The highest BCUT2D eigenvalue weighted by Crippen LogP contribution is 2.28. The van der Waals surface area contributed by atoms with Crippen LogP contribution < -0.4 is 5.32 Å². The van der Waals surface area contributed by atoms with Gasteiger partial charge in [0, 0.05) is 13.2 Å². The van der Waals surface area contributed by atoms with Crippen LogP contribution >= 0.6 is 11.8 Å². The van der Waals surface area contributed by atoms with Crippen molar-refractivity contribution in [3.8, 4) is 5.69 Å². The third kappa shape index (κ3) is 3.96. The monoisotopic (exact) mass is 383 g/mol. The van der Waals surface area contributed by atoms with E-state index in [4.69, 9.17) is 4.74 Å². The van der Waals surface area contributed by atoms with Gasteiger partial charge in [0.2, 0.25) is 5.91 Å². The first-order valence-electron chi connectivity index (χ1n) is 9.02. The molecule has 0 unspecified atom stereocenters. The lowest BCUT2D eigenvalue weighted by Gasteiger charge is -2.14. The first kappa shape index (κ1) is 17.9. The molecule has 0 spiro atoms. The summed E-state index contributed by atoms with van der Waals surface area (Å²) in [5.41, 5.74) is 1.66. The predicted octanol–water partition coefficient (Wildman–Crippen LogP) is 2.59. The number of hydrogen-bond acceptors (Lipinski definition) is 6. The van der Waals surface area contributed by atoms with Gasteiger partial charge in [0.15, 0.2) is 5.65 Å². The van der Waals surface area contributed by atoms with Crippen LogP contribution in [0.3, 0.4) is 0 Å². The van der Waals surface area contributed by atoms with Crippen molar-refractivity contribution in [3.05, 3.63) is 42.9 Å². The van der Waals surface area contributed by atoms with Crippen molar-refractivity contribution in [2.75, 3.05) is 13.2 Å². The van der Waals surface area contributed by atoms with Crippen molar-refractivity contribution in [1.82, 2.24) is 25.1 Å². The smallest absolute Gasteiger partial charge is 0.233 e. The molecule has 1 saturated heterocycles. The maximum atomic E-state index is 12.4. The van der Waals surface area contributed by atoms with Gasteiger partial charge in [0.05, 0.1) is 28.6 Å². The minimum absolute atomic E-state index is 0.0160. The maximum Gasteiger partial charge on any atom is 0.233 e. The molecule has 140 valence electrons. The third-order valence-corrected chi connectivity index (χ3v) is 5.63. The molecule has 0 bridgehead atoms. The molecule has 0 radical (unpaired) electrons. The molecule has 2 aromatic heterocycles. The van der Waals surface area contributed by atoms with Gasteiger partial charge in [-0.25, -0.2) is 14.6 Å². The number of nitrogens with one attached hydrogen (secondary N) is 1. The largest absolute Gasteiger partial charge is 0.376 e. The summed E-state index contributed by atoms with van der Waals surface area (Å²) < 4.78 is 7.33. The molecular weight excluding hydrogens is 362 g/mol. The fraction of sp³-hybridized carbons (Fsp3) is 0.368. The first-order chi connectivity index (χ1) is 13.2. The van der Waals surface area contributed by atoms with Crippen molar-refractivity contribution in [2.45, 2.75) is 36.1 Å². The lowest BCUT2D eigenvalue weighted by Crippen LogP contribution is -2.36. The predicted molar refractivity (Wildman–Crippen MR) is 104 cm³/mol. The van der Waals surface area contributed by atoms with E-state index >= 15 is 0 Å². The van der Waals surface area contributed by atoms with Gasteiger partial charge in [0.25, 0.3) is 0 Å². The number of amides is 1. The Balaban J connectivity index is 1.48. The molecule has 1 N–H and O–H groups in total. The lowest BCUT2D eigenvalue weighted by atomic mass is 10.2. The summed E-state index contributed by atoms with van der Waals surface area (Å²) in [6.07, 6.45) is 5.48. The van der Waals surface area contributed by atoms with E-state index in [-0.39, 0.29) is 17.3 Å². The Kier molecular flexibility index (Phi) is 5.35. The second-order valence-electron chi connectivity index (χ2n) is 6.45. The van der Waals surface area contributed by atoms with Crippen LogP contribution in [-0.4, -0.2) is 50.2 Å². The third-order valence-electron chi connectivity index (χ3n) is 4.52. The average Bonchev–Trinajstić information content (AvgIpc) is 3.37. The molecule has 1 aliphatic heterocycles. The summed E-state index contributed by atoms with van der Waals surface area (Å²) in [5.74, 6) is -0.0160.